The molecule has 5 rings (SSSR count). The minimum Gasteiger partial charge on any atom is -0.307 e. The van der Waals surface area contributed by atoms with Crippen LogP contribution in [-0.4, -0.2) is 54.8 Å². The van der Waals surface area contributed by atoms with E-state index in [-0.39, 0.29) is 12.6 Å². The number of rotatable bonds is 7. The molecule has 2 unspecified atom stereocenters. The molecule has 190 valence electrons. The van der Waals surface area contributed by atoms with Crippen LogP contribution in [0.3, 0.4) is 0 Å². The lowest BCUT2D eigenvalue weighted by atomic mass is 9.99. The first-order chi connectivity index (χ1) is 16.8. The summed E-state index contributed by atoms with van der Waals surface area (Å²) in [4.78, 5) is 15.4. The number of aromatic nitrogens is 2. The first kappa shape index (κ1) is 24.1. The fraction of sp³-hybridized carbons (Fsp3) is 0.600. The summed E-state index contributed by atoms with van der Waals surface area (Å²) in [6.07, 6.45) is 12.2. The van der Waals surface area contributed by atoms with Gasteiger partial charge in [0.15, 0.2) is 0 Å². The summed E-state index contributed by atoms with van der Waals surface area (Å²) in [6, 6.07) is 2.09. The van der Waals surface area contributed by atoms with Gasteiger partial charge in [-0.3, -0.25) is 9.58 Å². The van der Waals surface area contributed by atoms with Crippen LogP contribution in [0.2, 0.25) is 0 Å². The van der Waals surface area contributed by atoms with E-state index in [4.69, 9.17) is 0 Å². The summed E-state index contributed by atoms with van der Waals surface area (Å²) in [7, 11) is -0.351. The van der Waals surface area contributed by atoms with Crippen molar-refractivity contribution < 1.29 is 13.2 Å². The van der Waals surface area contributed by atoms with Gasteiger partial charge >= 0.3 is 16.2 Å². The van der Waals surface area contributed by atoms with Crippen LogP contribution < -0.4 is 14.3 Å². The van der Waals surface area contributed by atoms with E-state index in [1.807, 2.05) is 0 Å². The molecule has 0 spiro atoms. The minimum absolute atomic E-state index is 0.0699. The molecular formula is C25H36N6O3S. The zero-order chi connectivity index (χ0) is 24.7. The van der Waals surface area contributed by atoms with Gasteiger partial charge in [0.1, 0.15) is 0 Å². The van der Waals surface area contributed by atoms with Gasteiger partial charge in [0, 0.05) is 31.0 Å². The molecule has 1 aromatic carbocycles. The highest BCUT2D eigenvalue weighted by molar-refractivity contribution is 7.91. The summed E-state index contributed by atoms with van der Waals surface area (Å²) in [5, 5.41) is 7.11. The van der Waals surface area contributed by atoms with E-state index in [0.29, 0.717) is 11.7 Å². The first-order valence-electron chi connectivity index (χ1n) is 12.8. The second kappa shape index (κ2) is 9.46. The topological polar surface area (TPSA) is 99.6 Å². The SMILES string of the molecule is CCC1CCC(CN(c2cnn(C)c2)S(=O)(=O)NC(=O)Nc2c3c(cc4c2CCC4)CCC3)N1C. The number of benzene rings is 1. The third-order valence-corrected chi connectivity index (χ3v) is 9.42. The Bertz CT molecular complexity index is 1190. The van der Waals surface area contributed by atoms with Gasteiger partial charge in [0.2, 0.25) is 0 Å². The molecule has 2 heterocycles. The van der Waals surface area contributed by atoms with Crippen molar-refractivity contribution in [3.8, 4) is 0 Å². The monoisotopic (exact) mass is 500 g/mol. The highest BCUT2D eigenvalue weighted by Gasteiger charge is 2.35. The number of fused-ring (bicyclic) bond motifs is 2. The maximum Gasteiger partial charge on any atom is 0.334 e. The minimum atomic E-state index is -4.15. The number of hydrogen-bond acceptors (Lipinski definition) is 5. The van der Waals surface area contributed by atoms with E-state index in [2.05, 4.69) is 40.1 Å². The molecule has 2 atom stereocenters. The molecule has 1 fully saturated rings. The molecule has 10 heteroatoms. The molecule has 2 aromatic rings. The zero-order valence-electron chi connectivity index (χ0n) is 20.9. The normalized spacial score (nSPS) is 21.7. The lowest BCUT2D eigenvalue weighted by Gasteiger charge is -2.31. The van der Waals surface area contributed by atoms with Crippen LogP contribution in [-0.2, 0) is 42.9 Å². The number of carbonyl (C=O) groups is 1. The van der Waals surface area contributed by atoms with Crippen LogP contribution in [0.15, 0.2) is 18.5 Å². The lowest BCUT2D eigenvalue weighted by Crippen LogP contribution is -2.50. The molecule has 35 heavy (non-hydrogen) atoms. The molecule has 0 bridgehead atoms. The number of likely N-dealkylation sites (N-methyl/N-ethyl adjacent to an activating group) is 1. The van der Waals surface area contributed by atoms with Crippen molar-refractivity contribution in [2.24, 2.45) is 7.05 Å². The van der Waals surface area contributed by atoms with Gasteiger partial charge in [-0.2, -0.15) is 13.5 Å². The highest BCUT2D eigenvalue weighted by Crippen LogP contribution is 2.38. The summed E-state index contributed by atoms with van der Waals surface area (Å²) >= 11 is 0. The molecule has 0 saturated carbocycles. The summed E-state index contributed by atoms with van der Waals surface area (Å²) in [5.74, 6) is 0. The lowest BCUT2D eigenvalue weighted by molar-refractivity contribution is 0.240. The van der Waals surface area contributed by atoms with Crippen LogP contribution in [0.25, 0.3) is 0 Å². The van der Waals surface area contributed by atoms with Crippen LogP contribution in [0.4, 0.5) is 16.2 Å². The third kappa shape index (κ3) is 4.65. The predicted molar refractivity (Wildman–Crippen MR) is 137 cm³/mol. The van der Waals surface area contributed by atoms with Gasteiger partial charge < -0.3 is 5.32 Å². The number of nitrogens with zero attached hydrogens (tertiary/aromatic N) is 4. The number of amides is 2. The number of likely N-dealkylation sites (tertiary alicyclic amines) is 1. The van der Waals surface area contributed by atoms with Gasteiger partial charge in [0.05, 0.1) is 18.4 Å². The Labute approximate surface area is 208 Å². The number of hydrogen-bond donors (Lipinski definition) is 2. The van der Waals surface area contributed by atoms with Crippen molar-refractivity contribution >= 4 is 27.6 Å². The molecule has 1 aliphatic heterocycles. The highest BCUT2D eigenvalue weighted by atomic mass is 32.2. The van der Waals surface area contributed by atoms with Crippen molar-refractivity contribution in [2.45, 2.75) is 76.8 Å². The molecule has 2 aliphatic carbocycles. The maximum atomic E-state index is 13.6. The Kier molecular flexibility index (Phi) is 6.52. The number of aryl methyl sites for hydroxylation is 3. The largest absolute Gasteiger partial charge is 0.334 e. The molecule has 9 nitrogen and oxygen atoms in total. The molecule has 2 amide bonds. The Morgan fingerprint density at radius 2 is 1.74 bits per heavy atom. The molecule has 3 aliphatic rings. The van der Waals surface area contributed by atoms with Crippen LogP contribution >= 0.6 is 0 Å². The van der Waals surface area contributed by atoms with Crippen molar-refractivity contribution in [1.82, 2.24) is 19.4 Å². The van der Waals surface area contributed by atoms with E-state index >= 15 is 0 Å². The fourth-order valence-corrected chi connectivity index (χ4v) is 7.29. The summed E-state index contributed by atoms with van der Waals surface area (Å²) in [5.41, 5.74) is 6.18. The third-order valence-electron chi connectivity index (χ3n) is 8.04. The Morgan fingerprint density at radius 3 is 2.31 bits per heavy atom. The zero-order valence-corrected chi connectivity index (χ0v) is 21.7. The quantitative estimate of drug-likeness (QED) is 0.609. The summed E-state index contributed by atoms with van der Waals surface area (Å²) < 4.78 is 32.3. The molecule has 0 radical (unpaired) electrons. The van der Waals surface area contributed by atoms with Gasteiger partial charge in [0.25, 0.3) is 0 Å². The number of urea groups is 1. The van der Waals surface area contributed by atoms with Crippen molar-refractivity contribution in [3.05, 3.63) is 40.7 Å². The van der Waals surface area contributed by atoms with Gasteiger partial charge in [-0.1, -0.05) is 13.0 Å². The van der Waals surface area contributed by atoms with Crippen LogP contribution in [0.1, 0.15) is 61.3 Å². The maximum absolute atomic E-state index is 13.6. The van der Waals surface area contributed by atoms with Gasteiger partial charge in [-0.15, -0.1) is 0 Å². The second-order valence-electron chi connectivity index (χ2n) is 10.2. The van der Waals surface area contributed by atoms with Gasteiger partial charge in [-0.25, -0.2) is 13.8 Å². The standard InChI is InChI=1S/C25H36N6O3S/c1-4-19-11-12-20(30(19)3)16-31(21-14-26-29(2)15-21)35(33,34)28-25(32)27-24-22-9-5-7-17(22)13-18-8-6-10-23(18)24/h13-15,19-20H,4-12,16H2,1-3H3,(H2,27,28,32). The molecule has 1 aromatic heterocycles. The van der Waals surface area contributed by atoms with E-state index < -0.39 is 16.2 Å². The molecular weight excluding hydrogens is 464 g/mol. The van der Waals surface area contributed by atoms with E-state index in [9.17, 15) is 13.2 Å². The number of anilines is 2. The average Bonchev–Trinajstić information content (AvgIpc) is 3.59. The smallest absolute Gasteiger partial charge is 0.307 e. The van der Waals surface area contributed by atoms with E-state index in [0.717, 1.165) is 63.5 Å². The first-order valence-corrected chi connectivity index (χ1v) is 14.2. The van der Waals surface area contributed by atoms with E-state index in [1.54, 1.807) is 17.9 Å². The average molecular weight is 501 g/mol. The van der Waals surface area contributed by atoms with Crippen LogP contribution in [0, 0.1) is 0 Å². The van der Waals surface area contributed by atoms with Gasteiger partial charge in [-0.05, 0) is 87.1 Å². The van der Waals surface area contributed by atoms with E-state index in [1.165, 1.54) is 32.8 Å². The van der Waals surface area contributed by atoms with Crippen molar-refractivity contribution in [3.63, 3.8) is 0 Å². The second-order valence-corrected chi connectivity index (χ2v) is 11.8. The molecule has 2 N–H and O–H groups in total. The molecule has 1 saturated heterocycles. The Morgan fingerprint density at radius 1 is 1.09 bits per heavy atom. The predicted octanol–water partition coefficient (Wildman–Crippen LogP) is 3.14. The fourth-order valence-electron chi connectivity index (χ4n) is 6.15. The van der Waals surface area contributed by atoms with Crippen molar-refractivity contribution in [1.29, 1.82) is 0 Å². The number of nitrogens with one attached hydrogen (secondary N) is 2. The Balaban J connectivity index is 1.38. The summed E-state index contributed by atoms with van der Waals surface area (Å²) in [6.45, 7) is 2.42. The van der Waals surface area contributed by atoms with Crippen LogP contribution in [0.5, 0.6) is 0 Å². The Hall–Kier alpha value is -2.59. The number of carbonyl (C=O) groups excluding carboxylic acids is 1. The van der Waals surface area contributed by atoms with Crippen molar-refractivity contribution in [2.75, 3.05) is 23.2 Å².